The van der Waals surface area contributed by atoms with E-state index in [2.05, 4.69) is 12.6 Å². The number of hydrogen-bond donors (Lipinski definition) is 1. The van der Waals surface area contributed by atoms with Gasteiger partial charge in [-0.05, 0) is 56.3 Å². The zero-order valence-electron chi connectivity index (χ0n) is 8.54. The highest BCUT2D eigenvalue weighted by molar-refractivity contribution is 7.81. The summed E-state index contributed by atoms with van der Waals surface area (Å²) in [7, 11) is 0. The molecule has 0 aromatic rings. The molecule has 0 radical (unpaired) electrons. The van der Waals surface area contributed by atoms with Crippen molar-refractivity contribution in [2.75, 3.05) is 5.75 Å². The largest absolute Gasteiger partial charge is 0.298 e. The monoisotopic (exact) mass is 210 g/mol. The summed E-state index contributed by atoms with van der Waals surface area (Å²) < 4.78 is 0. The summed E-state index contributed by atoms with van der Waals surface area (Å²) in [5.74, 6) is 3.55. The molecule has 14 heavy (non-hydrogen) atoms. The first kappa shape index (κ1) is 9.26. The molecule has 0 aliphatic heterocycles. The molecule has 4 fully saturated rings. The van der Waals surface area contributed by atoms with Gasteiger partial charge in [-0.25, -0.2) is 0 Å². The van der Waals surface area contributed by atoms with Crippen LogP contribution in [-0.4, -0.2) is 11.5 Å². The van der Waals surface area contributed by atoms with Crippen molar-refractivity contribution in [3.63, 3.8) is 0 Å². The molecule has 4 aliphatic rings. The molecule has 0 N–H and O–H groups in total. The van der Waals surface area contributed by atoms with E-state index < -0.39 is 0 Å². The maximum absolute atomic E-state index is 12.0. The van der Waals surface area contributed by atoms with Gasteiger partial charge < -0.3 is 0 Å². The van der Waals surface area contributed by atoms with E-state index in [0.717, 1.165) is 17.8 Å². The van der Waals surface area contributed by atoms with Crippen LogP contribution in [0.25, 0.3) is 0 Å². The Bertz CT molecular complexity index is 236. The van der Waals surface area contributed by atoms with Crippen LogP contribution >= 0.6 is 12.6 Å². The Morgan fingerprint density at radius 2 is 1.50 bits per heavy atom. The molecule has 0 aromatic heterocycles. The topological polar surface area (TPSA) is 17.1 Å². The van der Waals surface area contributed by atoms with Gasteiger partial charge in [0.25, 0.3) is 0 Å². The molecule has 4 saturated carbocycles. The second-order valence-corrected chi connectivity index (χ2v) is 6.10. The van der Waals surface area contributed by atoms with Gasteiger partial charge >= 0.3 is 0 Å². The average molecular weight is 210 g/mol. The Balaban J connectivity index is 1.91. The average Bonchev–Trinajstić information content (AvgIpc) is 2.14. The second-order valence-electron chi connectivity index (χ2n) is 5.78. The van der Waals surface area contributed by atoms with E-state index in [1.165, 1.54) is 38.5 Å². The maximum Gasteiger partial charge on any atom is 0.148 e. The lowest BCUT2D eigenvalue weighted by molar-refractivity contribution is -0.140. The Morgan fingerprint density at radius 3 is 1.86 bits per heavy atom. The lowest BCUT2D eigenvalue weighted by Crippen LogP contribution is -2.50. The van der Waals surface area contributed by atoms with E-state index in [9.17, 15) is 4.79 Å². The fourth-order valence-electron chi connectivity index (χ4n) is 4.62. The van der Waals surface area contributed by atoms with Gasteiger partial charge in [-0.3, -0.25) is 4.79 Å². The first-order chi connectivity index (χ1) is 6.72. The van der Waals surface area contributed by atoms with Crippen molar-refractivity contribution >= 4 is 18.4 Å². The van der Waals surface area contributed by atoms with E-state index in [1.807, 2.05) is 0 Å². The molecule has 1 nitrogen and oxygen atoms in total. The Morgan fingerprint density at radius 1 is 1.07 bits per heavy atom. The zero-order chi connectivity index (χ0) is 9.76. The fourth-order valence-corrected chi connectivity index (χ4v) is 4.96. The minimum Gasteiger partial charge on any atom is -0.298 e. The molecule has 0 amide bonds. The van der Waals surface area contributed by atoms with Gasteiger partial charge in [-0.2, -0.15) is 12.6 Å². The quantitative estimate of drug-likeness (QED) is 0.693. The van der Waals surface area contributed by atoms with Gasteiger partial charge in [0.15, 0.2) is 0 Å². The molecule has 0 atom stereocenters. The molecular weight excluding hydrogens is 192 g/mol. The number of thiol groups is 1. The van der Waals surface area contributed by atoms with Gasteiger partial charge in [0.2, 0.25) is 0 Å². The van der Waals surface area contributed by atoms with E-state index in [1.54, 1.807) is 0 Å². The van der Waals surface area contributed by atoms with Gasteiger partial charge in [0, 0.05) is 11.2 Å². The third kappa shape index (κ3) is 1.19. The van der Waals surface area contributed by atoms with Crippen LogP contribution in [-0.2, 0) is 4.79 Å². The van der Waals surface area contributed by atoms with Crippen molar-refractivity contribution in [1.29, 1.82) is 0 Å². The van der Waals surface area contributed by atoms with Crippen LogP contribution in [0, 0.1) is 23.2 Å². The summed E-state index contributed by atoms with van der Waals surface area (Å²) in [6.07, 6.45) is 7.83. The van der Waals surface area contributed by atoms with Crippen molar-refractivity contribution < 1.29 is 4.79 Å². The normalized spacial score (nSPS) is 49.6. The van der Waals surface area contributed by atoms with Crippen LogP contribution in [0.15, 0.2) is 0 Å². The molecule has 2 heteroatoms. The second kappa shape index (κ2) is 3.01. The van der Waals surface area contributed by atoms with Gasteiger partial charge in [-0.15, -0.1) is 0 Å². The number of rotatable bonds is 2. The Hall–Kier alpha value is 0.0200. The highest BCUT2D eigenvalue weighted by atomic mass is 32.1. The fraction of sp³-hybridized carbons (Fsp3) is 0.917. The summed E-state index contributed by atoms with van der Waals surface area (Å²) in [5, 5.41) is 0. The minimum atomic E-state index is 0.0937. The van der Waals surface area contributed by atoms with E-state index in [-0.39, 0.29) is 5.41 Å². The summed E-state index contributed by atoms with van der Waals surface area (Å²) in [6, 6.07) is 0. The van der Waals surface area contributed by atoms with E-state index in [0.29, 0.717) is 11.5 Å². The Kier molecular flexibility index (Phi) is 1.99. The third-order valence-corrected chi connectivity index (χ3v) is 5.06. The van der Waals surface area contributed by atoms with Gasteiger partial charge in [0.05, 0.1) is 0 Å². The summed E-state index contributed by atoms with van der Waals surface area (Å²) in [4.78, 5) is 12.0. The predicted octanol–water partition coefficient (Wildman–Crippen LogP) is 2.70. The smallest absolute Gasteiger partial charge is 0.148 e. The van der Waals surface area contributed by atoms with Crippen molar-refractivity contribution in [2.24, 2.45) is 23.2 Å². The molecule has 4 bridgehead atoms. The van der Waals surface area contributed by atoms with Crippen LogP contribution in [0.5, 0.6) is 0 Å². The molecule has 4 aliphatic carbocycles. The van der Waals surface area contributed by atoms with Crippen molar-refractivity contribution in [3.05, 3.63) is 0 Å². The number of hydrogen-bond acceptors (Lipinski definition) is 2. The first-order valence-corrected chi connectivity index (χ1v) is 6.49. The van der Waals surface area contributed by atoms with Crippen molar-refractivity contribution in [1.82, 2.24) is 0 Å². The van der Waals surface area contributed by atoms with Crippen LogP contribution in [0.2, 0.25) is 0 Å². The summed E-state index contributed by atoms with van der Waals surface area (Å²) in [5.41, 5.74) is 0.0937. The van der Waals surface area contributed by atoms with Crippen LogP contribution < -0.4 is 0 Å². The van der Waals surface area contributed by atoms with E-state index >= 15 is 0 Å². The highest BCUT2D eigenvalue weighted by Crippen LogP contribution is 2.60. The minimum absolute atomic E-state index is 0.0937. The summed E-state index contributed by atoms with van der Waals surface area (Å²) >= 11 is 4.18. The van der Waals surface area contributed by atoms with Gasteiger partial charge in [0.1, 0.15) is 5.78 Å². The number of carbonyl (C=O) groups is 1. The molecule has 0 unspecified atom stereocenters. The van der Waals surface area contributed by atoms with Crippen molar-refractivity contribution in [3.8, 4) is 0 Å². The molecular formula is C12H18OS. The van der Waals surface area contributed by atoms with Crippen LogP contribution in [0.4, 0.5) is 0 Å². The zero-order valence-corrected chi connectivity index (χ0v) is 9.43. The first-order valence-electron chi connectivity index (χ1n) is 5.86. The van der Waals surface area contributed by atoms with Crippen LogP contribution in [0.1, 0.15) is 38.5 Å². The SMILES string of the molecule is O=C(CS)C12CC3CC(CC(C3)C1)C2. The molecule has 0 aromatic carbocycles. The Labute approximate surface area is 91.1 Å². The molecule has 4 rings (SSSR count). The number of ketones is 1. The standard InChI is InChI=1S/C12H18OS/c13-11(7-14)12-4-8-1-9(5-12)3-10(2-8)6-12/h8-10,14H,1-7H2. The van der Waals surface area contributed by atoms with Crippen LogP contribution in [0.3, 0.4) is 0 Å². The van der Waals surface area contributed by atoms with Gasteiger partial charge in [-0.1, -0.05) is 0 Å². The van der Waals surface area contributed by atoms with E-state index in [4.69, 9.17) is 0 Å². The lowest BCUT2D eigenvalue weighted by Gasteiger charge is -2.55. The molecule has 0 saturated heterocycles. The molecule has 0 spiro atoms. The number of Topliss-reactive ketones (excluding diaryl/α,β-unsaturated/α-hetero) is 1. The maximum atomic E-state index is 12.0. The molecule has 0 heterocycles. The number of carbonyl (C=O) groups excluding carboxylic acids is 1. The molecule has 78 valence electrons. The summed E-state index contributed by atoms with van der Waals surface area (Å²) in [6.45, 7) is 0. The lowest BCUT2D eigenvalue weighted by atomic mass is 9.48. The predicted molar refractivity (Wildman–Crippen MR) is 59.5 cm³/mol. The highest BCUT2D eigenvalue weighted by Gasteiger charge is 2.53. The third-order valence-electron chi connectivity index (χ3n) is 4.77. The van der Waals surface area contributed by atoms with Crippen molar-refractivity contribution in [2.45, 2.75) is 38.5 Å².